The summed E-state index contributed by atoms with van der Waals surface area (Å²) in [6, 6.07) is 0. The van der Waals surface area contributed by atoms with E-state index >= 15 is 0 Å². The number of esters is 2. The van der Waals surface area contributed by atoms with Crippen molar-refractivity contribution in [1.82, 2.24) is 0 Å². The Kier molecular flexibility index (Phi) is 12.3. The molecule has 118 valence electrons. The van der Waals surface area contributed by atoms with Crippen LogP contribution in [0.2, 0.25) is 0 Å². The van der Waals surface area contributed by atoms with Gasteiger partial charge >= 0.3 is 11.9 Å². The molecule has 0 aliphatic carbocycles. The van der Waals surface area contributed by atoms with Crippen molar-refractivity contribution >= 4 is 11.9 Å². The summed E-state index contributed by atoms with van der Waals surface area (Å²) in [6.45, 7) is 2.10. The summed E-state index contributed by atoms with van der Waals surface area (Å²) in [6.07, 6.45) is 10.3. The summed E-state index contributed by atoms with van der Waals surface area (Å²) < 4.78 is 9.25. The Morgan fingerprint density at radius 1 is 0.800 bits per heavy atom. The SMILES string of the molecule is COC(=O)CCCCCCCCCC(C)CC(=O)OC. The molecule has 0 heterocycles. The van der Waals surface area contributed by atoms with Crippen molar-refractivity contribution in [3.8, 4) is 0 Å². The lowest BCUT2D eigenvalue weighted by atomic mass is 9.99. The van der Waals surface area contributed by atoms with Crippen molar-refractivity contribution in [1.29, 1.82) is 0 Å². The maximum atomic E-state index is 11.1. The molecule has 1 atom stereocenters. The van der Waals surface area contributed by atoms with Gasteiger partial charge in [-0.2, -0.15) is 0 Å². The van der Waals surface area contributed by atoms with E-state index < -0.39 is 0 Å². The normalized spacial score (nSPS) is 11.9. The quantitative estimate of drug-likeness (QED) is 0.404. The Labute approximate surface area is 123 Å². The van der Waals surface area contributed by atoms with Crippen LogP contribution in [0.5, 0.6) is 0 Å². The molecule has 0 N–H and O–H groups in total. The first-order valence-corrected chi connectivity index (χ1v) is 7.73. The van der Waals surface area contributed by atoms with Crippen LogP contribution in [0.25, 0.3) is 0 Å². The fourth-order valence-electron chi connectivity index (χ4n) is 2.22. The average molecular weight is 286 g/mol. The Balaban J connectivity index is 3.24. The zero-order valence-electron chi connectivity index (χ0n) is 13.3. The Hall–Kier alpha value is -1.06. The van der Waals surface area contributed by atoms with Crippen LogP contribution in [0.1, 0.15) is 71.1 Å². The lowest BCUT2D eigenvalue weighted by Gasteiger charge is -2.09. The van der Waals surface area contributed by atoms with E-state index in [2.05, 4.69) is 16.4 Å². The van der Waals surface area contributed by atoms with Crippen molar-refractivity contribution in [2.45, 2.75) is 71.1 Å². The lowest BCUT2D eigenvalue weighted by Crippen LogP contribution is -2.06. The molecule has 0 aliphatic rings. The van der Waals surface area contributed by atoms with Crippen molar-refractivity contribution in [3.63, 3.8) is 0 Å². The molecule has 0 aromatic rings. The summed E-state index contributed by atoms with van der Waals surface area (Å²) in [5.74, 6) is 0.204. The summed E-state index contributed by atoms with van der Waals surface area (Å²) in [7, 11) is 2.87. The van der Waals surface area contributed by atoms with Crippen LogP contribution in [0, 0.1) is 5.92 Å². The Morgan fingerprint density at radius 3 is 1.85 bits per heavy atom. The van der Waals surface area contributed by atoms with Gasteiger partial charge in [-0.3, -0.25) is 9.59 Å². The second-order valence-electron chi connectivity index (χ2n) is 5.48. The minimum atomic E-state index is -0.108. The summed E-state index contributed by atoms with van der Waals surface area (Å²) in [5.41, 5.74) is 0. The zero-order valence-corrected chi connectivity index (χ0v) is 13.3. The second-order valence-corrected chi connectivity index (χ2v) is 5.48. The number of hydrogen-bond donors (Lipinski definition) is 0. The van der Waals surface area contributed by atoms with Gasteiger partial charge < -0.3 is 9.47 Å². The molecular weight excluding hydrogens is 256 g/mol. The second kappa shape index (κ2) is 12.9. The number of unbranched alkanes of at least 4 members (excludes halogenated alkanes) is 6. The van der Waals surface area contributed by atoms with Crippen LogP contribution in [0.15, 0.2) is 0 Å². The van der Waals surface area contributed by atoms with Crippen LogP contribution in [-0.4, -0.2) is 26.2 Å². The molecule has 0 spiro atoms. The topological polar surface area (TPSA) is 52.6 Å². The van der Waals surface area contributed by atoms with Crippen LogP contribution >= 0.6 is 0 Å². The van der Waals surface area contributed by atoms with E-state index in [0.717, 1.165) is 19.3 Å². The zero-order chi connectivity index (χ0) is 15.2. The van der Waals surface area contributed by atoms with Gasteiger partial charge in [-0.1, -0.05) is 51.9 Å². The largest absolute Gasteiger partial charge is 0.469 e. The lowest BCUT2D eigenvalue weighted by molar-refractivity contribution is -0.142. The molecule has 0 radical (unpaired) electrons. The molecule has 0 saturated heterocycles. The maximum absolute atomic E-state index is 11.1. The predicted octanol–water partition coefficient (Wildman–Crippen LogP) is 3.87. The van der Waals surface area contributed by atoms with Crippen LogP contribution in [0.4, 0.5) is 0 Å². The minimum absolute atomic E-state index is 0.107. The third-order valence-corrected chi connectivity index (χ3v) is 3.55. The van der Waals surface area contributed by atoms with E-state index in [4.69, 9.17) is 0 Å². The average Bonchev–Trinajstić information content (AvgIpc) is 2.44. The molecule has 0 aromatic heterocycles. The van der Waals surface area contributed by atoms with Crippen molar-refractivity contribution in [3.05, 3.63) is 0 Å². The van der Waals surface area contributed by atoms with Gasteiger partial charge in [0.15, 0.2) is 0 Å². The molecule has 0 saturated carbocycles. The van der Waals surface area contributed by atoms with Gasteiger partial charge in [0.05, 0.1) is 14.2 Å². The molecule has 4 nitrogen and oxygen atoms in total. The standard InChI is InChI=1S/C16H30O4/c1-14(13-16(18)20-3)11-9-7-5-4-6-8-10-12-15(17)19-2/h14H,4-13H2,1-3H3. The molecule has 0 aromatic carbocycles. The molecule has 0 bridgehead atoms. The Morgan fingerprint density at radius 2 is 1.30 bits per heavy atom. The molecule has 0 fully saturated rings. The molecule has 0 rings (SSSR count). The van der Waals surface area contributed by atoms with Gasteiger partial charge in [-0.05, 0) is 12.3 Å². The molecule has 4 heteroatoms. The van der Waals surface area contributed by atoms with Gasteiger partial charge in [0.2, 0.25) is 0 Å². The van der Waals surface area contributed by atoms with Gasteiger partial charge in [-0.25, -0.2) is 0 Å². The molecular formula is C16H30O4. The first-order chi connectivity index (χ1) is 9.60. The first kappa shape index (κ1) is 18.9. The molecule has 20 heavy (non-hydrogen) atoms. The number of methoxy groups -OCH3 is 2. The van der Waals surface area contributed by atoms with E-state index in [0.29, 0.717) is 18.8 Å². The molecule has 0 aliphatic heterocycles. The monoisotopic (exact) mass is 286 g/mol. The number of ether oxygens (including phenoxy) is 2. The van der Waals surface area contributed by atoms with Gasteiger partial charge in [0, 0.05) is 12.8 Å². The fraction of sp³-hybridized carbons (Fsp3) is 0.875. The van der Waals surface area contributed by atoms with Crippen molar-refractivity contribution < 1.29 is 19.1 Å². The number of carbonyl (C=O) groups excluding carboxylic acids is 2. The summed E-state index contributed by atoms with van der Waals surface area (Å²) in [5, 5.41) is 0. The van der Waals surface area contributed by atoms with E-state index in [-0.39, 0.29) is 11.9 Å². The van der Waals surface area contributed by atoms with E-state index in [1.54, 1.807) is 0 Å². The van der Waals surface area contributed by atoms with Crippen LogP contribution in [-0.2, 0) is 19.1 Å². The fourth-order valence-corrected chi connectivity index (χ4v) is 2.22. The van der Waals surface area contributed by atoms with E-state index in [1.165, 1.54) is 46.3 Å². The molecule has 0 amide bonds. The van der Waals surface area contributed by atoms with Crippen molar-refractivity contribution in [2.24, 2.45) is 5.92 Å². The van der Waals surface area contributed by atoms with Crippen LogP contribution in [0.3, 0.4) is 0 Å². The number of hydrogen-bond acceptors (Lipinski definition) is 4. The van der Waals surface area contributed by atoms with Crippen molar-refractivity contribution in [2.75, 3.05) is 14.2 Å². The highest BCUT2D eigenvalue weighted by atomic mass is 16.5. The third kappa shape index (κ3) is 12.0. The van der Waals surface area contributed by atoms with Gasteiger partial charge in [-0.15, -0.1) is 0 Å². The van der Waals surface area contributed by atoms with Crippen LogP contribution < -0.4 is 0 Å². The number of rotatable bonds is 12. The summed E-state index contributed by atoms with van der Waals surface area (Å²) >= 11 is 0. The first-order valence-electron chi connectivity index (χ1n) is 7.73. The smallest absolute Gasteiger partial charge is 0.305 e. The molecule has 1 unspecified atom stereocenters. The van der Waals surface area contributed by atoms with Gasteiger partial charge in [0.1, 0.15) is 0 Å². The minimum Gasteiger partial charge on any atom is -0.469 e. The highest BCUT2D eigenvalue weighted by Crippen LogP contribution is 2.15. The third-order valence-electron chi connectivity index (χ3n) is 3.55. The Bertz CT molecular complexity index is 263. The highest BCUT2D eigenvalue weighted by molar-refractivity contribution is 5.69. The summed E-state index contributed by atoms with van der Waals surface area (Å²) in [4.78, 5) is 22.0. The highest BCUT2D eigenvalue weighted by Gasteiger charge is 2.08. The predicted molar refractivity (Wildman–Crippen MR) is 79.4 cm³/mol. The van der Waals surface area contributed by atoms with Gasteiger partial charge in [0.25, 0.3) is 0 Å². The maximum Gasteiger partial charge on any atom is 0.305 e. The number of carbonyl (C=O) groups is 2. The van der Waals surface area contributed by atoms with E-state index in [9.17, 15) is 9.59 Å². The van der Waals surface area contributed by atoms with E-state index in [1.807, 2.05) is 0 Å².